The van der Waals surface area contributed by atoms with Gasteiger partial charge >= 0.3 is 6.18 Å². The van der Waals surface area contributed by atoms with E-state index in [2.05, 4.69) is 12.6 Å². The summed E-state index contributed by atoms with van der Waals surface area (Å²) < 4.78 is 36.8. The fraction of sp³-hybridized carbons (Fsp3) is 1.00. The minimum Gasteiger partial charge on any atom is -0.292 e. The average molecular weight is 255 g/mol. The molecule has 0 N–H and O–H groups in total. The van der Waals surface area contributed by atoms with Gasteiger partial charge in [-0.3, -0.25) is 4.90 Å². The van der Waals surface area contributed by atoms with Crippen LogP contribution in [0.2, 0.25) is 0 Å². The smallest absolute Gasteiger partial charge is 0.292 e. The van der Waals surface area contributed by atoms with Gasteiger partial charge in [-0.05, 0) is 38.0 Å². The fourth-order valence-electron chi connectivity index (χ4n) is 1.84. The van der Waals surface area contributed by atoms with E-state index in [9.17, 15) is 13.2 Å². The summed E-state index contributed by atoms with van der Waals surface area (Å²) in [5.41, 5.74) is 0. The van der Waals surface area contributed by atoms with E-state index < -0.39 is 12.7 Å². The van der Waals surface area contributed by atoms with E-state index in [0.717, 1.165) is 44.3 Å². The highest BCUT2D eigenvalue weighted by Gasteiger charge is 2.37. The molecule has 1 nitrogen and oxygen atoms in total. The van der Waals surface area contributed by atoms with Crippen LogP contribution in [-0.2, 0) is 0 Å². The van der Waals surface area contributed by atoms with Gasteiger partial charge in [-0.2, -0.15) is 25.8 Å². The first-order valence-electron chi connectivity index (χ1n) is 5.94. The molecular formula is C11H20F3NS. The summed E-state index contributed by atoms with van der Waals surface area (Å²) in [5, 5.41) is 0. The van der Waals surface area contributed by atoms with E-state index in [-0.39, 0.29) is 6.04 Å². The molecule has 0 bridgehead atoms. The van der Waals surface area contributed by atoms with Crippen molar-refractivity contribution in [2.75, 3.05) is 18.8 Å². The fourth-order valence-corrected chi connectivity index (χ4v) is 2.06. The maximum absolute atomic E-state index is 12.3. The lowest BCUT2D eigenvalue weighted by molar-refractivity contribution is -0.147. The third-order valence-electron chi connectivity index (χ3n) is 2.80. The zero-order valence-corrected chi connectivity index (χ0v) is 10.4. The number of nitrogens with zero attached hydrogens (tertiary/aromatic N) is 1. The topological polar surface area (TPSA) is 3.24 Å². The maximum atomic E-state index is 12.3. The van der Waals surface area contributed by atoms with Gasteiger partial charge in [0, 0.05) is 6.04 Å². The third-order valence-corrected chi connectivity index (χ3v) is 3.12. The Morgan fingerprint density at radius 3 is 2.19 bits per heavy atom. The summed E-state index contributed by atoms with van der Waals surface area (Å²) in [7, 11) is 0. The Labute approximate surface area is 101 Å². The number of thiol groups is 1. The van der Waals surface area contributed by atoms with E-state index in [1.165, 1.54) is 0 Å². The van der Waals surface area contributed by atoms with Crippen molar-refractivity contribution >= 4 is 12.6 Å². The summed E-state index contributed by atoms with van der Waals surface area (Å²) in [6.45, 7) is -0.138. The zero-order valence-electron chi connectivity index (χ0n) is 9.47. The van der Waals surface area contributed by atoms with Crippen LogP contribution in [0.1, 0.15) is 38.5 Å². The predicted molar refractivity (Wildman–Crippen MR) is 63.0 cm³/mol. The lowest BCUT2D eigenvalue weighted by Gasteiger charge is -2.23. The SMILES string of the molecule is FC(F)(F)CN(CCCCCCS)C1CC1. The summed E-state index contributed by atoms with van der Waals surface area (Å²) in [5.74, 6) is 0.870. The van der Waals surface area contributed by atoms with Gasteiger partial charge in [0.1, 0.15) is 0 Å². The molecule has 0 unspecified atom stereocenters. The Balaban J connectivity index is 2.13. The van der Waals surface area contributed by atoms with Crippen LogP contribution in [0.15, 0.2) is 0 Å². The highest BCUT2D eigenvalue weighted by molar-refractivity contribution is 7.80. The monoisotopic (exact) mass is 255 g/mol. The zero-order chi connectivity index (χ0) is 12.0. The molecule has 0 atom stereocenters. The molecule has 0 aromatic rings. The van der Waals surface area contributed by atoms with Gasteiger partial charge in [-0.1, -0.05) is 12.8 Å². The molecule has 96 valence electrons. The van der Waals surface area contributed by atoms with Crippen LogP contribution >= 0.6 is 12.6 Å². The second kappa shape index (κ2) is 6.74. The molecule has 1 fully saturated rings. The van der Waals surface area contributed by atoms with Gasteiger partial charge in [0.25, 0.3) is 0 Å². The van der Waals surface area contributed by atoms with Crippen molar-refractivity contribution in [3.05, 3.63) is 0 Å². The average Bonchev–Trinajstić information content (AvgIpc) is 2.97. The lowest BCUT2D eigenvalue weighted by atomic mass is 10.2. The molecule has 0 aliphatic heterocycles. The second-order valence-electron chi connectivity index (χ2n) is 4.45. The van der Waals surface area contributed by atoms with E-state index in [1.807, 2.05) is 0 Å². The lowest BCUT2D eigenvalue weighted by Crippen LogP contribution is -2.36. The van der Waals surface area contributed by atoms with Crippen molar-refractivity contribution in [1.82, 2.24) is 4.90 Å². The first-order chi connectivity index (χ1) is 7.53. The Kier molecular flexibility index (Phi) is 5.97. The summed E-state index contributed by atoms with van der Waals surface area (Å²) in [6, 6.07) is 0.200. The molecule has 1 rings (SSSR count). The minimum atomic E-state index is -4.05. The number of hydrogen-bond donors (Lipinski definition) is 1. The van der Waals surface area contributed by atoms with Gasteiger partial charge in [0.15, 0.2) is 0 Å². The van der Waals surface area contributed by atoms with E-state index in [0.29, 0.717) is 6.54 Å². The van der Waals surface area contributed by atoms with Crippen molar-refractivity contribution < 1.29 is 13.2 Å². The van der Waals surface area contributed by atoms with Crippen molar-refractivity contribution in [3.8, 4) is 0 Å². The Morgan fingerprint density at radius 2 is 1.69 bits per heavy atom. The molecule has 0 saturated heterocycles. The van der Waals surface area contributed by atoms with Crippen LogP contribution in [-0.4, -0.2) is 36.0 Å². The van der Waals surface area contributed by atoms with Crippen molar-refractivity contribution in [2.24, 2.45) is 0 Å². The maximum Gasteiger partial charge on any atom is 0.401 e. The predicted octanol–water partition coefficient (Wildman–Crippen LogP) is 3.50. The minimum absolute atomic E-state index is 0.200. The van der Waals surface area contributed by atoms with E-state index >= 15 is 0 Å². The first kappa shape index (κ1) is 14.2. The first-order valence-corrected chi connectivity index (χ1v) is 6.58. The number of alkyl halides is 3. The van der Waals surface area contributed by atoms with Gasteiger partial charge in [0.2, 0.25) is 0 Å². The molecule has 0 aromatic carbocycles. The Hall–Kier alpha value is 0.100. The Bertz CT molecular complexity index is 192. The van der Waals surface area contributed by atoms with Gasteiger partial charge < -0.3 is 0 Å². The molecule has 1 saturated carbocycles. The van der Waals surface area contributed by atoms with Crippen LogP contribution in [0.5, 0.6) is 0 Å². The molecule has 16 heavy (non-hydrogen) atoms. The summed E-state index contributed by atoms with van der Waals surface area (Å²) >= 11 is 4.10. The van der Waals surface area contributed by atoms with Gasteiger partial charge in [-0.15, -0.1) is 0 Å². The quantitative estimate of drug-likeness (QED) is 0.513. The van der Waals surface area contributed by atoms with Crippen LogP contribution in [0, 0.1) is 0 Å². The molecule has 5 heteroatoms. The largest absolute Gasteiger partial charge is 0.401 e. The molecule has 0 spiro atoms. The van der Waals surface area contributed by atoms with E-state index in [4.69, 9.17) is 0 Å². The van der Waals surface area contributed by atoms with Crippen molar-refractivity contribution in [1.29, 1.82) is 0 Å². The second-order valence-corrected chi connectivity index (χ2v) is 4.90. The van der Waals surface area contributed by atoms with Crippen molar-refractivity contribution in [3.63, 3.8) is 0 Å². The molecule has 0 aromatic heterocycles. The normalized spacial score (nSPS) is 17.1. The van der Waals surface area contributed by atoms with Crippen LogP contribution < -0.4 is 0 Å². The summed E-state index contributed by atoms with van der Waals surface area (Å²) in [6.07, 6.45) is 1.86. The number of halogens is 3. The number of unbranched alkanes of at least 4 members (excludes halogenated alkanes) is 3. The van der Waals surface area contributed by atoms with Gasteiger partial charge in [-0.25, -0.2) is 0 Å². The van der Waals surface area contributed by atoms with Crippen LogP contribution in [0.25, 0.3) is 0 Å². The molecule has 0 heterocycles. The standard InChI is InChI=1S/C11H20F3NS/c12-11(13,14)9-15(10-5-6-10)7-3-1-2-4-8-16/h10,16H,1-9H2. The van der Waals surface area contributed by atoms with Crippen LogP contribution in [0.4, 0.5) is 13.2 Å². The Morgan fingerprint density at radius 1 is 1.06 bits per heavy atom. The number of rotatable bonds is 8. The summed E-state index contributed by atoms with van der Waals surface area (Å²) in [4.78, 5) is 1.60. The molecular weight excluding hydrogens is 235 g/mol. The molecule has 1 aliphatic rings. The molecule has 1 aliphatic carbocycles. The third kappa shape index (κ3) is 6.63. The van der Waals surface area contributed by atoms with Gasteiger partial charge in [0.05, 0.1) is 6.54 Å². The highest BCUT2D eigenvalue weighted by Crippen LogP contribution is 2.30. The molecule has 0 amide bonds. The highest BCUT2D eigenvalue weighted by atomic mass is 32.1. The van der Waals surface area contributed by atoms with E-state index in [1.54, 1.807) is 4.90 Å². The molecule has 0 radical (unpaired) electrons. The van der Waals surface area contributed by atoms with Crippen molar-refractivity contribution in [2.45, 2.75) is 50.7 Å². The number of hydrogen-bond acceptors (Lipinski definition) is 2. The van der Waals surface area contributed by atoms with Crippen LogP contribution in [0.3, 0.4) is 0 Å².